The van der Waals surface area contributed by atoms with Crippen LogP contribution in [-0.4, -0.2) is 14.2 Å². The van der Waals surface area contributed by atoms with Gasteiger partial charge in [-0.1, -0.05) is 108 Å². The van der Waals surface area contributed by atoms with Crippen molar-refractivity contribution in [3.63, 3.8) is 0 Å². The van der Waals surface area contributed by atoms with Crippen LogP contribution in [0.5, 0.6) is 11.5 Å². The van der Waals surface area contributed by atoms with Crippen LogP contribution in [-0.2, 0) is 0 Å². The Bertz CT molecular complexity index is 2270. The first-order valence-corrected chi connectivity index (χ1v) is 19.0. The average molecular weight is 733 g/mol. The number of hydrogen-bond donors (Lipinski definition) is 0. The van der Waals surface area contributed by atoms with Crippen molar-refractivity contribution in [3.8, 4) is 11.5 Å². The van der Waals surface area contributed by atoms with Gasteiger partial charge in [0.1, 0.15) is 11.5 Å². The summed E-state index contributed by atoms with van der Waals surface area (Å²) in [6.07, 6.45) is 8.66. The maximum Gasteiger partial charge on any atom is 0.119 e. The summed E-state index contributed by atoms with van der Waals surface area (Å²) in [4.78, 5) is 4.59. The molecule has 56 heavy (non-hydrogen) atoms. The van der Waals surface area contributed by atoms with E-state index in [2.05, 4.69) is 207 Å². The number of ether oxygens (including phenoxy) is 2. The van der Waals surface area contributed by atoms with Gasteiger partial charge in [0, 0.05) is 34.1 Å². The quantitative estimate of drug-likeness (QED) is 0.117. The summed E-state index contributed by atoms with van der Waals surface area (Å²) in [6, 6.07) is 55.9. The molecule has 4 heteroatoms. The molecular weight excluding hydrogens is 685 g/mol. The predicted octanol–water partition coefficient (Wildman–Crippen LogP) is 14.2. The maximum atomic E-state index is 5.48. The SMILES string of the molecule is COc1ccc(N(c2ccc(C)cc2)c2ccc(/C=C\c3ccc(/C=C\c4ccc(N(c5ccc(C)cc5)c5ccc(OC)cc5C)cc4)cc3)cc2)c(C)c1. The fraction of sp³-hybridized carbons (Fsp3) is 0.115. The van der Waals surface area contributed by atoms with E-state index in [-0.39, 0.29) is 0 Å². The van der Waals surface area contributed by atoms with Gasteiger partial charge in [0.25, 0.3) is 0 Å². The van der Waals surface area contributed by atoms with Crippen molar-refractivity contribution in [1.29, 1.82) is 0 Å². The standard InChI is InChI=1S/C52H48N2O2/c1-37-7-23-45(24-8-37)53(51-33-31-49(55-5)35-39(51)3)47-27-19-43(20-28-47)17-15-41-11-13-42(14-12-41)16-18-44-21-29-48(30-22-44)54(46-25-9-38(2)10-26-46)52-34-32-50(56-6)36-40(52)4/h7-36H,1-6H3/b17-15-,18-16-. The van der Waals surface area contributed by atoms with Gasteiger partial charge in [-0.15, -0.1) is 0 Å². The summed E-state index contributed by atoms with van der Waals surface area (Å²) in [5.74, 6) is 1.71. The zero-order valence-corrected chi connectivity index (χ0v) is 33.0. The molecule has 7 rings (SSSR count). The van der Waals surface area contributed by atoms with Crippen LogP contribution in [0.25, 0.3) is 24.3 Å². The van der Waals surface area contributed by atoms with E-state index in [1.807, 2.05) is 12.1 Å². The minimum Gasteiger partial charge on any atom is -0.497 e. The molecule has 0 bridgehead atoms. The van der Waals surface area contributed by atoms with Crippen molar-refractivity contribution in [3.05, 3.63) is 202 Å². The van der Waals surface area contributed by atoms with E-state index in [9.17, 15) is 0 Å². The molecular formula is C52H48N2O2. The lowest BCUT2D eigenvalue weighted by molar-refractivity contribution is 0.414. The van der Waals surface area contributed by atoms with Gasteiger partial charge in [-0.2, -0.15) is 0 Å². The van der Waals surface area contributed by atoms with Crippen molar-refractivity contribution in [2.45, 2.75) is 27.7 Å². The van der Waals surface area contributed by atoms with E-state index in [1.54, 1.807) is 14.2 Å². The zero-order valence-electron chi connectivity index (χ0n) is 33.0. The fourth-order valence-corrected chi connectivity index (χ4v) is 6.83. The van der Waals surface area contributed by atoms with Gasteiger partial charge in [0.15, 0.2) is 0 Å². The summed E-state index contributed by atoms with van der Waals surface area (Å²) < 4.78 is 11.0. The highest BCUT2D eigenvalue weighted by molar-refractivity contribution is 5.82. The Morgan fingerprint density at radius 3 is 0.875 bits per heavy atom. The third-order valence-corrected chi connectivity index (χ3v) is 10.0. The lowest BCUT2D eigenvalue weighted by Gasteiger charge is -2.27. The molecule has 0 saturated carbocycles. The van der Waals surface area contributed by atoms with Crippen LogP contribution in [0.15, 0.2) is 158 Å². The van der Waals surface area contributed by atoms with Gasteiger partial charge in [-0.05, 0) is 146 Å². The van der Waals surface area contributed by atoms with Gasteiger partial charge < -0.3 is 19.3 Å². The van der Waals surface area contributed by atoms with E-state index >= 15 is 0 Å². The Balaban J connectivity index is 1.04. The number of hydrogen-bond acceptors (Lipinski definition) is 4. The van der Waals surface area contributed by atoms with Crippen molar-refractivity contribution in [1.82, 2.24) is 0 Å². The Kier molecular flexibility index (Phi) is 11.5. The van der Waals surface area contributed by atoms with Crippen molar-refractivity contribution >= 4 is 58.4 Å². The number of aryl methyl sites for hydroxylation is 4. The second-order valence-corrected chi connectivity index (χ2v) is 14.2. The van der Waals surface area contributed by atoms with Crippen molar-refractivity contribution < 1.29 is 9.47 Å². The van der Waals surface area contributed by atoms with Gasteiger partial charge in [-0.3, -0.25) is 0 Å². The van der Waals surface area contributed by atoms with Gasteiger partial charge in [-0.25, -0.2) is 0 Å². The van der Waals surface area contributed by atoms with Gasteiger partial charge >= 0.3 is 0 Å². The normalized spacial score (nSPS) is 11.2. The lowest BCUT2D eigenvalue weighted by atomic mass is 10.1. The van der Waals surface area contributed by atoms with E-state index in [4.69, 9.17) is 9.47 Å². The van der Waals surface area contributed by atoms with E-state index in [1.165, 1.54) is 11.1 Å². The minimum atomic E-state index is 0.854. The molecule has 7 aromatic rings. The summed E-state index contributed by atoms with van der Waals surface area (Å²) in [5.41, 5.74) is 16.0. The van der Waals surface area contributed by atoms with Crippen molar-refractivity contribution in [2.24, 2.45) is 0 Å². The summed E-state index contributed by atoms with van der Waals surface area (Å²) in [7, 11) is 3.41. The maximum absolute atomic E-state index is 5.48. The van der Waals surface area contributed by atoms with Crippen LogP contribution >= 0.6 is 0 Å². The number of nitrogens with zero attached hydrogens (tertiary/aromatic N) is 2. The molecule has 0 aliphatic rings. The summed E-state index contributed by atoms with van der Waals surface area (Å²) in [5, 5.41) is 0. The molecule has 7 aromatic carbocycles. The van der Waals surface area contributed by atoms with Gasteiger partial charge in [0.05, 0.1) is 14.2 Å². The van der Waals surface area contributed by atoms with Crippen LogP contribution in [0.4, 0.5) is 34.1 Å². The molecule has 0 unspecified atom stereocenters. The molecule has 0 aromatic heterocycles. The van der Waals surface area contributed by atoms with E-state index in [0.717, 1.165) is 79.0 Å². The van der Waals surface area contributed by atoms with Crippen LogP contribution in [0.3, 0.4) is 0 Å². The van der Waals surface area contributed by atoms with Crippen LogP contribution < -0.4 is 19.3 Å². The first-order valence-electron chi connectivity index (χ1n) is 19.0. The minimum absolute atomic E-state index is 0.854. The van der Waals surface area contributed by atoms with Crippen LogP contribution in [0.2, 0.25) is 0 Å². The molecule has 278 valence electrons. The van der Waals surface area contributed by atoms with E-state index < -0.39 is 0 Å². The molecule has 0 heterocycles. The Hall–Kier alpha value is -6.78. The molecule has 0 fully saturated rings. The molecule has 0 amide bonds. The zero-order chi connectivity index (χ0) is 39.0. The third kappa shape index (κ3) is 8.77. The molecule has 0 aliphatic heterocycles. The average Bonchev–Trinajstić information content (AvgIpc) is 3.23. The monoisotopic (exact) mass is 732 g/mol. The van der Waals surface area contributed by atoms with Crippen LogP contribution in [0, 0.1) is 27.7 Å². The Morgan fingerprint density at radius 2 is 0.607 bits per heavy atom. The number of methoxy groups -OCH3 is 2. The Morgan fingerprint density at radius 1 is 0.339 bits per heavy atom. The predicted molar refractivity (Wildman–Crippen MR) is 239 cm³/mol. The first kappa shape index (κ1) is 37.5. The highest BCUT2D eigenvalue weighted by atomic mass is 16.5. The number of benzene rings is 7. The highest BCUT2D eigenvalue weighted by Crippen LogP contribution is 2.39. The molecule has 0 N–H and O–H groups in total. The smallest absolute Gasteiger partial charge is 0.119 e. The molecule has 0 radical (unpaired) electrons. The second-order valence-electron chi connectivity index (χ2n) is 14.2. The fourth-order valence-electron chi connectivity index (χ4n) is 6.83. The number of anilines is 6. The molecule has 0 saturated heterocycles. The second kappa shape index (κ2) is 17.1. The molecule has 0 spiro atoms. The summed E-state index contributed by atoms with van der Waals surface area (Å²) in [6.45, 7) is 8.48. The summed E-state index contributed by atoms with van der Waals surface area (Å²) >= 11 is 0. The van der Waals surface area contributed by atoms with Crippen molar-refractivity contribution in [2.75, 3.05) is 24.0 Å². The van der Waals surface area contributed by atoms with Crippen LogP contribution in [0.1, 0.15) is 44.5 Å². The largest absolute Gasteiger partial charge is 0.497 e. The van der Waals surface area contributed by atoms with E-state index in [0.29, 0.717) is 0 Å². The lowest BCUT2D eigenvalue weighted by Crippen LogP contribution is -2.11. The first-order chi connectivity index (χ1) is 27.3. The van der Waals surface area contributed by atoms with Gasteiger partial charge in [0.2, 0.25) is 0 Å². The Labute approximate surface area is 332 Å². The molecule has 0 aliphatic carbocycles. The molecule has 0 atom stereocenters. The third-order valence-electron chi connectivity index (χ3n) is 10.0. The topological polar surface area (TPSA) is 24.9 Å². The highest BCUT2D eigenvalue weighted by Gasteiger charge is 2.16. The molecule has 4 nitrogen and oxygen atoms in total. The number of rotatable bonds is 12.